The molecule has 1 aromatic rings. The lowest BCUT2D eigenvalue weighted by Crippen LogP contribution is -2.52. The topological polar surface area (TPSA) is 52.6 Å². The third kappa shape index (κ3) is 2.42. The third-order valence-electron chi connectivity index (χ3n) is 3.73. The minimum atomic E-state index is -1.19. The van der Waals surface area contributed by atoms with E-state index in [9.17, 15) is 9.59 Å². The second kappa shape index (κ2) is 4.62. The molecule has 0 spiro atoms. The molecule has 0 unspecified atom stereocenters. The number of hydrogen-bond acceptors (Lipinski definition) is 4. The summed E-state index contributed by atoms with van der Waals surface area (Å²) in [6.45, 7) is 8.79. The van der Waals surface area contributed by atoms with Gasteiger partial charge in [0, 0.05) is 19.3 Å². The summed E-state index contributed by atoms with van der Waals surface area (Å²) >= 11 is 0. The van der Waals surface area contributed by atoms with Crippen LogP contribution in [-0.4, -0.2) is 17.7 Å². The summed E-state index contributed by atoms with van der Waals surface area (Å²) in [5, 5.41) is 0. The standard InChI is InChI=1S/C16H20O4/c1-10-8-6-7-9-11(10)15(2,3)12-13(17)19-16(4,5)20-14(12)18/h6-9,12H,1-5H3. The number of rotatable bonds is 2. The van der Waals surface area contributed by atoms with Gasteiger partial charge in [-0.15, -0.1) is 0 Å². The van der Waals surface area contributed by atoms with Crippen molar-refractivity contribution in [2.75, 3.05) is 0 Å². The normalized spacial score (nSPS) is 19.4. The van der Waals surface area contributed by atoms with Crippen molar-refractivity contribution in [3.05, 3.63) is 35.4 Å². The highest BCUT2D eigenvalue weighted by atomic mass is 16.7. The van der Waals surface area contributed by atoms with Gasteiger partial charge in [0.05, 0.1) is 0 Å². The highest BCUT2D eigenvalue weighted by molar-refractivity contribution is 5.98. The lowest BCUT2D eigenvalue weighted by molar-refractivity contribution is -0.243. The summed E-state index contributed by atoms with van der Waals surface area (Å²) in [5.74, 6) is -3.19. The monoisotopic (exact) mass is 276 g/mol. The Morgan fingerprint density at radius 1 is 1.05 bits per heavy atom. The van der Waals surface area contributed by atoms with Crippen molar-refractivity contribution in [1.29, 1.82) is 0 Å². The van der Waals surface area contributed by atoms with Crippen molar-refractivity contribution in [3.8, 4) is 0 Å². The number of aryl methyl sites for hydroxylation is 1. The number of ether oxygens (including phenoxy) is 2. The number of cyclic esters (lactones) is 2. The SMILES string of the molecule is Cc1ccccc1C(C)(C)C1C(=O)OC(C)(C)OC1=O. The van der Waals surface area contributed by atoms with Crippen LogP contribution >= 0.6 is 0 Å². The molecule has 0 saturated carbocycles. The fraction of sp³-hybridized carbons (Fsp3) is 0.500. The molecular weight excluding hydrogens is 256 g/mol. The van der Waals surface area contributed by atoms with Crippen molar-refractivity contribution in [2.45, 2.75) is 45.8 Å². The fourth-order valence-corrected chi connectivity index (χ4v) is 2.76. The van der Waals surface area contributed by atoms with Crippen LogP contribution in [-0.2, 0) is 24.5 Å². The summed E-state index contributed by atoms with van der Waals surface area (Å²) in [6.07, 6.45) is 0. The highest BCUT2D eigenvalue weighted by Gasteiger charge is 2.51. The molecule has 0 radical (unpaired) electrons. The smallest absolute Gasteiger partial charge is 0.324 e. The lowest BCUT2D eigenvalue weighted by Gasteiger charge is -2.40. The molecule has 0 amide bonds. The van der Waals surface area contributed by atoms with Crippen LogP contribution < -0.4 is 0 Å². The van der Waals surface area contributed by atoms with Crippen LogP contribution in [0.4, 0.5) is 0 Å². The molecule has 1 heterocycles. The van der Waals surface area contributed by atoms with Crippen LogP contribution in [0.1, 0.15) is 38.8 Å². The van der Waals surface area contributed by atoms with E-state index in [0.29, 0.717) is 0 Å². The van der Waals surface area contributed by atoms with Crippen molar-refractivity contribution in [2.24, 2.45) is 5.92 Å². The number of hydrogen-bond donors (Lipinski definition) is 0. The molecule has 0 aliphatic carbocycles. The molecule has 20 heavy (non-hydrogen) atoms. The Morgan fingerprint density at radius 2 is 1.55 bits per heavy atom. The molecule has 4 nitrogen and oxygen atoms in total. The van der Waals surface area contributed by atoms with Crippen LogP contribution in [0.5, 0.6) is 0 Å². The molecule has 1 aromatic carbocycles. The van der Waals surface area contributed by atoms with Gasteiger partial charge in [0.15, 0.2) is 5.92 Å². The zero-order valence-electron chi connectivity index (χ0n) is 12.5. The van der Waals surface area contributed by atoms with Gasteiger partial charge >= 0.3 is 11.9 Å². The van der Waals surface area contributed by atoms with Gasteiger partial charge in [0.25, 0.3) is 5.79 Å². The van der Waals surface area contributed by atoms with E-state index in [1.165, 1.54) is 0 Å². The maximum atomic E-state index is 12.2. The lowest BCUT2D eigenvalue weighted by atomic mass is 9.71. The second-order valence-corrected chi connectivity index (χ2v) is 6.21. The summed E-state index contributed by atoms with van der Waals surface area (Å²) < 4.78 is 10.4. The van der Waals surface area contributed by atoms with E-state index >= 15 is 0 Å². The zero-order valence-corrected chi connectivity index (χ0v) is 12.5. The van der Waals surface area contributed by atoms with Gasteiger partial charge in [-0.2, -0.15) is 0 Å². The molecule has 1 saturated heterocycles. The first-order valence-electron chi connectivity index (χ1n) is 6.67. The van der Waals surface area contributed by atoms with Crippen LogP contribution in [0.3, 0.4) is 0 Å². The molecule has 0 bridgehead atoms. The summed E-state index contributed by atoms with van der Waals surface area (Å²) in [7, 11) is 0. The predicted octanol–water partition coefficient (Wildman–Crippen LogP) is 2.72. The fourth-order valence-electron chi connectivity index (χ4n) is 2.76. The molecular formula is C16H20O4. The molecule has 1 aliphatic rings. The average molecular weight is 276 g/mol. The Bertz CT molecular complexity index is 537. The van der Waals surface area contributed by atoms with Gasteiger partial charge in [-0.1, -0.05) is 38.1 Å². The molecule has 0 N–H and O–H groups in total. The maximum absolute atomic E-state index is 12.2. The second-order valence-electron chi connectivity index (χ2n) is 6.21. The maximum Gasteiger partial charge on any atom is 0.324 e. The van der Waals surface area contributed by atoms with E-state index in [-0.39, 0.29) is 0 Å². The van der Waals surface area contributed by atoms with Crippen molar-refractivity contribution >= 4 is 11.9 Å². The molecule has 4 heteroatoms. The Labute approximate surface area is 119 Å². The van der Waals surface area contributed by atoms with Crippen molar-refractivity contribution < 1.29 is 19.1 Å². The first-order valence-corrected chi connectivity index (χ1v) is 6.67. The molecule has 1 aliphatic heterocycles. The van der Waals surface area contributed by atoms with Crippen LogP contribution in [0, 0.1) is 12.8 Å². The number of carbonyl (C=O) groups excluding carboxylic acids is 2. The van der Waals surface area contributed by atoms with E-state index < -0.39 is 29.1 Å². The summed E-state index contributed by atoms with van der Waals surface area (Å²) in [4.78, 5) is 24.5. The van der Waals surface area contributed by atoms with Gasteiger partial charge in [-0.25, -0.2) is 0 Å². The van der Waals surface area contributed by atoms with Gasteiger partial charge in [0.2, 0.25) is 0 Å². The summed E-state index contributed by atoms with van der Waals surface area (Å²) in [5.41, 5.74) is 1.29. The van der Waals surface area contributed by atoms with Crippen LogP contribution in [0.15, 0.2) is 24.3 Å². The number of benzene rings is 1. The first-order chi connectivity index (χ1) is 9.15. The molecule has 2 rings (SSSR count). The van der Waals surface area contributed by atoms with Crippen LogP contribution in [0.25, 0.3) is 0 Å². The molecule has 108 valence electrons. The van der Waals surface area contributed by atoms with Crippen molar-refractivity contribution in [3.63, 3.8) is 0 Å². The zero-order chi connectivity index (χ0) is 15.1. The Morgan fingerprint density at radius 3 is 2.05 bits per heavy atom. The van der Waals surface area contributed by atoms with E-state index in [1.807, 2.05) is 45.0 Å². The Balaban J connectivity index is 2.42. The van der Waals surface area contributed by atoms with Gasteiger partial charge in [-0.3, -0.25) is 9.59 Å². The largest absolute Gasteiger partial charge is 0.422 e. The predicted molar refractivity (Wildman–Crippen MR) is 74.0 cm³/mol. The Hall–Kier alpha value is -1.84. The first kappa shape index (κ1) is 14.6. The number of carbonyl (C=O) groups is 2. The van der Waals surface area contributed by atoms with E-state index in [2.05, 4.69) is 0 Å². The highest BCUT2D eigenvalue weighted by Crippen LogP contribution is 2.39. The van der Waals surface area contributed by atoms with Crippen LogP contribution in [0.2, 0.25) is 0 Å². The molecule has 0 aromatic heterocycles. The van der Waals surface area contributed by atoms with E-state index in [1.54, 1.807) is 13.8 Å². The number of esters is 2. The minimum Gasteiger partial charge on any atom is -0.422 e. The molecule has 0 atom stereocenters. The summed E-state index contributed by atoms with van der Waals surface area (Å²) in [6, 6.07) is 7.71. The van der Waals surface area contributed by atoms with Gasteiger partial charge in [0.1, 0.15) is 0 Å². The van der Waals surface area contributed by atoms with Crippen molar-refractivity contribution in [1.82, 2.24) is 0 Å². The third-order valence-corrected chi connectivity index (χ3v) is 3.73. The average Bonchev–Trinajstić information content (AvgIpc) is 2.25. The quantitative estimate of drug-likeness (QED) is 0.615. The van der Waals surface area contributed by atoms with Gasteiger partial charge < -0.3 is 9.47 Å². The minimum absolute atomic E-state index is 0.528. The molecule has 1 fully saturated rings. The Kier molecular flexibility index (Phi) is 3.36. The van der Waals surface area contributed by atoms with E-state index in [0.717, 1.165) is 11.1 Å². The van der Waals surface area contributed by atoms with Gasteiger partial charge in [-0.05, 0) is 18.1 Å². The van der Waals surface area contributed by atoms with E-state index in [4.69, 9.17) is 9.47 Å².